The Morgan fingerprint density at radius 2 is 2.00 bits per heavy atom. The van der Waals surface area contributed by atoms with E-state index in [1.807, 2.05) is 6.08 Å². The fourth-order valence-corrected chi connectivity index (χ4v) is 4.42. The SMILES string of the molecule is COc1cc2c(cc1OC)[C@@]13C=C[C@H](O)C[C@@H]1N(CC3)C2. The normalized spacial score (nSPS) is 36.0. The lowest BCUT2D eigenvalue weighted by molar-refractivity contribution is 0.110. The molecular weight excluding hydrogens is 266 g/mol. The molecule has 21 heavy (non-hydrogen) atoms. The molecule has 0 saturated carbocycles. The number of methoxy groups -OCH3 is 2. The van der Waals surface area contributed by atoms with Crippen molar-refractivity contribution in [2.75, 3.05) is 20.8 Å². The molecule has 0 radical (unpaired) electrons. The van der Waals surface area contributed by atoms with Crippen LogP contribution in [0.5, 0.6) is 11.5 Å². The highest BCUT2D eigenvalue weighted by molar-refractivity contribution is 5.55. The minimum atomic E-state index is -0.314. The van der Waals surface area contributed by atoms with Crippen molar-refractivity contribution in [2.45, 2.75) is 36.9 Å². The Balaban J connectivity index is 1.91. The highest BCUT2D eigenvalue weighted by atomic mass is 16.5. The van der Waals surface area contributed by atoms with Crippen LogP contribution >= 0.6 is 0 Å². The average molecular weight is 287 g/mol. The van der Waals surface area contributed by atoms with Crippen LogP contribution in [0.1, 0.15) is 24.0 Å². The van der Waals surface area contributed by atoms with E-state index in [1.165, 1.54) is 11.1 Å². The Morgan fingerprint density at radius 3 is 2.76 bits per heavy atom. The molecule has 2 bridgehead atoms. The zero-order chi connectivity index (χ0) is 14.6. The number of rotatable bonds is 2. The predicted octanol–water partition coefficient (Wildman–Crippen LogP) is 1.85. The van der Waals surface area contributed by atoms with Crippen LogP contribution in [0.4, 0.5) is 0 Å². The molecular formula is C17H21NO3. The number of aliphatic hydroxyl groups excluding tert-OH is 1. The molecule has 1 aliphatic carbocycles. The van der Waals surface area contributed by atoms with Gasteiger partial charge in [0.2, 0.25) is 0 Å². The third-order valence-electron chi connectivity index (χ3n) is 5.41. The smallest absolute Gasteiger partial charge is 0.161 e. The summed E-state index contributed by atoms with van der Waals surface area (Å²) in [5.41, 5.74) is 2.70. The van der Waals surface area contributed by atoms with E-state index in [0.717, 1.165) is 37.4 Å². The summed E-state index contributed by atoms with van der Waals surface area (Å²) < 4.78 is 10.9. The molecule has 4 atom stereocenters. The lowest BCUT2D eigenvalue weighted by Crippen LogP contribution is -2.49. The topological polar surface area (TPSA) is 41.9 Å². The van der Waals surface area contributed by atoms with E-state index in [0.29, 0.717) is 6.04 Å². The van der Waals surface area contributed by atoms with Crippen LogP contribution in [0.25, 0.3) is 0 Å². The Bertz CT molecular complexity index is 612. The van der Waals surface area contributed by atoms with Crippen molar-refractivity contribution in [3.63, 3.8) is 0 Å². The van der Waals surface area contributed by atoms with Gasteiger partial charge in [-0.3, -0.25) is 4.90 Å². The summed E-state index contributed by atoms with van der Waals surface area (Å²) in [6.45, 7) is 2.02. The van der Waals surface area contributed by atoms with Crippen molar-refractivity contribution in [1.82, 2.24) is 4.90 Å². The van der Waals surface area contributed by atoms with Gasteiger partial charge in [0.15, 0.2) is 11.5 Å². The minimum absolute atomic E-state index is 0.0341. The first kappa shape index (κ1) is 13.2. The minimum Gasteiger partial charge on any atom is -0.493 e. The Morgan fingerprint density at radius 1 is 1.24 bits per heavy atom. The summed E-state index contributed by atoms with van der Waals surface area (Å²) in [6.07, 6.45) is 5.82. The van der Waals surface area contributed by atoms with Crippen LogP contribution in [0.3, 0.4) is 0 Å². The maximum absolute atomic E-state index is 9.98. The summed E-state index contributed by atoms with van der Waals surface area (Å²) in [4.78, 5) is 2.50. The second kappa shape index (κ2) is 4.49. The predicted molar refractivity (Wildman–Crippen MR) is 79.8 cm³/mol. The van der Waals surface area contributed by atoms with Crippen molar-refractivity contribution in [2.24, 2.45) is 0 Å². The van der Waals surface area contributed by atoms with E-state index >= 15 is 0 Å². The number of hydrogen-bond acceptors (Lipinski definition) is 4. The molecule has 2 aliphatic heterocycles. The van der Waals surface area contributed by atoms with Crippen molar-refractivity contribution in [3.05, 3.63) is 35.4 Å². The molecule has 0 amide bonds. The monoisotopic (exact) mass is 287 g/mol. The molecule has 4 heteroatoms. The van der Waals surface area contributed by atoms with Gasteiger partial charge < -0.3 is 14.6 Å². The molecule has 1 saturated heterocycles. The molecule has 1 aromatic carbocycles. The number of hydrogen-bond donors (Lipinski definition) is 1. The first-order chi connectivity index (χ1) is 10.2. The standard InChI is InChI=1S/C17H21NO3/c1-20-14-7-11-10-18-6-5-17(13(11)9-15(14)21-2)4-3-12(19)8-16(17)18/h3-4,7,9,12,16,19H,5-6,8,10H2,1-2H3/t12-,16-,17-/m0/s1. The van der Waals surface area contributed by atoms with Gasteiger partial charge in [-0.1, -0.05) is 12.2 Å². The molecule has 3 aliphatic rings. The van der Waals surface area contributed by atoms with Crippen LogP contribution in [0, 0.1) is 0 Å². The maximum atomic E-state index is 9.98. The van der Waals surface area contributed by atoms with Gasteiger partial charge in [-0.05, 0) is 36.1 Å². The highest BCUT2D eigenvalue weighted by Crippen LogP contribution is 2.52. The van der Waals surface area contributed by atoms with Gasteiger partial charge >= 0.3 is 0 Å². The third kappa shape index (κ3) is 1.69. The first-order valence-corrected chi connectivity index (χ1v) is 7.55. The molecule has 1 fully saturated rings. The fraction of sp³-hybridized carbons (Fsp3) is 0.529. The lowest BCUT2D eigenvalue weighted by atomic mass is 9.66. The lowest BCUT2D eigenvalue weighted by Gasteiger charge is -2.45. The first-order valence-electron chi connectivity index (χ1n) is 7.55. The second-order valence-electron chi connectivity index (χ2n) is 6.30. The maximum Gasteiger partial charge on any atom is 0.161 e. The number of aliphatic hydroxyl groups is 1. The quantitative estimate of drug-likeness (QED) is 0.843. The van der Waals surface area contributed by atoms with E-state index in [4.69, 9.17) is 9.47 Å². The van der Waals surface area contributed by atoms with Crippen LogP contribution < -0.4 is 9.47 Å². The average Bonchev–Trinajstić information content (AvgIpc) is 2.78. The van der Waals surface area contributed by atoms with E-state index in [2.05, 4.69) is 23.1 Å². The summed E-state index contributed by atoms with van der Waals surface area (Å²) >= 11 is 0. The molecule has 2 heterocycles. The van der Waals surface area contributed by atoms with E-state index in [9.17, 15) is 5.11 Å². The molecule has 0 aromatic heterocycles. The molecule has 112 valence electrons. The van der Waals surface area contributed by atoms with Gasteiger partial charge in [0.25, 0.3) is 0 Å². The van der Waals surface area contributed by atoms with Crippen molar-refractivity contribution in [3.8, 4) is 11.5 Å². The van der Waals surface area contributed by atoms with Gasteiger partial charge in [0, 0.05) is 24.5 Å². The summed E-state index contributed by atoms with van der Waals surface area (Å²) in [5.74, 6) is 1.59. The van der Waals surface area contributed by atoms with Crippen LogP contribution in [-0.4, -0.2) is 42.9 Å². The van der Waals surface area contributed by atoms with Gasteiger partial charge in [-0.25, -0.2) is 0 Å². The summed E-state index contributed by atoms with van der Waals surface area (Å²) in [7, 11) is 3.36. The van der Waals surface area contributed by atoms with Crippen molar-refractivity contribution < 1.29 is 14.6 Å². The molecule has 4 rings (SSSR count). The third-order valence-corrected chi connectivity index (χ3v) is 5.41. The van der Waals surface area contributed by atoms with Gasteiger partial charge in [0.05, 0.1) is 20.3 Å². The second-order valence-corrected chi connectivity index (χ2v) is 6.30. The van der Waals surface area contributed by atoms with E-state index < -0.39 is 0 Å². The molecule has 4 nitrogen and oxygen atoms in total. The Labute approximate surface area is 125 Å². The van der Waals surface area contributed by atoms with Gasteiger partial charge in [-0.15, -0.1) is 0 Å². The number of nitrogens with zero attached hydrogens (tertiary/aromatic N) is 1. The van der Waals surface area contributed by atoms with E-state index in [-0.39, 0.29) is 11.5 Å². The van der Waals surface area contributed by atoms with Crippen LogP contribution in [0.15, 0.2) is 24.3 Å². The zero-order valence-electron chi connectivity index (χ0n) is 12.5. The van der Waals surface area contributed by atoms with Gasteiger partial charge in [0.1, 0.15) is 0 Å². The zero-order valence-corrected chi connectivity index (χ0v) is 12.5. The Hall–Kier alpha value is -1.52. The molecule has 1 unspecified atom stereocenters. The molecule has 0 spiro atoms. The molecule has 1 N–H and O–H groups in total. The van der Waals surface area contributed by atoms with Crippen molar-refractivity contribution in [1.29, 1.82) is 0 Å². The summed E-state index contributed by atoms with van der Waals surface area (Å²) in [6, 6.07) is 4.66. The number of ether oxygens (including phenoxy) is 2. The summed E-state index contributed by atoms with van der Waals surface area (Å²) in [5, 5.41) is 9.98. The van der Waals surface area contributed by atoms with Crippen molar-refractivity contribution >= 4 is 0 Å². The van der Waals surface area contributed by atoms with Crippen LogP contribution in [0.2, 0.25) is 0 Å². The highest BCUT2D eigenvalue weighted by Gasteiger charge is 2.52. The largest absolute Gasteiger partial charge is 0.493 e. The number of benzene rings is 1. The Kier molecular flexibility index (Phi) is 2.81. The number of fused-ring (bicyclic) bond motifs is 1. The van der Waals surface area contributed by atoms with E-state index in [1.54, 1.807) is 14.2 Å². The van der Waals surface area contributed by atoms with Gasteiger partial charge in [-0.2, -0.15) is 0 Å². The fourth-order valence-electron chi connectivity index (χ4n) is 4.42. The van der Waals surface area contributed by atoms with Crippen LogP contribution in [-0.2, 0) is 12.0 Å². The molecule has 1 aromatic rings.